The van der Waals surface area contributed by atoms with Crippen LogP contribution in [0.3, 0.4) is 0 Å². The molecule has 0 bridgehead atoms. The van der Waals surface area contributed by atoms with Crippen molar-refractivity contribution in [1.29, 1.82) is 0 Å². The summed E-state index contributed by atoms with van der Waals surface area (Å²) in [6.07, 6.45) is 2.60. The van der Waals surface area contributed by atoms with E-state index in [0.717, 1.165) is 24.1 Å². The number of aromatic nitrogens is 4. The van der Waals surface area contributed by atoms with E-state index in [9.17, 15) is 14.9 Å². The lowest BCUT2D eigenvalue weighted by atomic mass is 10.1. The molecule has 1 aliphatic carbocycles. The van der Waals surface area contributed by atoms with E-state index in [-0.39, 0.29) is 23.9 Å². The van der Waals surface area contributed by atoms with E-state index in [1.54, 1.807) is 30.3 Å². The van der Waals surface area contributed by atoms with E-state index in [1.807, 2.05) is 30.3 Å². The first kappa shape index (κ1) is 23.4. The van der Waals surface area contributed by atoms with Crippen LogP contribution in [0.4, 0.5) is 29.0 Å². The van der Waals surface area contributed by atoms with Crippen molar-refractivity contribution in [1.82, 2.24) is 20.2 Å². The third kappa shape index (κ3) is 5.33. The van der Waals surface area contributed by atoms with Crippen molar-refractivity contribution in [3.8, 4) is 0 Å². The standard InChI is InChI=1S/C25H22ClN7O3/c26-17-8-4-5-9-18(17)27-25-29-22(20(34)13-10-15-6-2-1-3-7-15)23(33(35)36)24(30-25)28-21-14-19(31-32-21)16-11-12-16/h1-9,14,16H,10-13H2,(H3,27,28,29,30,31,32). The summed E-state index contributed by atoms with van der Waals surface area (Å²) < 4.78 is 0. The molecule has 4 aromatic rings. The van der Waals surface area contributed by atoms with Crippen molar-refractivity contribution >= 4 is 46.3 Å². The van der Waals surface area contributed by atoms with Gasteiger partial charge in [-0.2, -0.15) is 10.1 Å². The summed E-state index contributed by atoms with van der Waals surface area (Å²) in [7, 11) is 0. The van der Waals surface area contributed by atoms with Gasteiger partial charge in [0, 0.05) is 24.1 Å². The minimum Gasteiger partial charge on any atom is -0.323 e. The molecule has 0 atom stereocenters. The van der Waals surface area contributed by atoms with Crippen LogP contribution in [-0.4, -0.2) is 30.9 Å². The average Bonchev–Trinajstić information content (AvgIpc) is 3.63. The number of carbonyl (C=O) groups excluding carboxylic acids is 1. The number of para-hydroxylation sites is 1. The molecule has 36 heavy (non-hydrogen) atoms. The van der Waals surface area contributed by atoms with Gasteiger partial charge >= 0.3 is 5.69 Å². The second kappa shape index (κ2) is 10.1. The highest BCUT2D eigenvalue weighted by Crippen LogP contribution is 2.40. The highest BCUT2D eigenvalue weighted by molar-refractivity contribution is 6.33. The molecule has 1 saturated carbocycles. The molecule has 0 unspecified atom stereocenters. The molecule has 2 aromatic carbocycles. The van der Waals surface area contributed by atoms with Gasteiger partial charge in [0.15, 0.2) is 17.3 Å². The number of rotatable bonds is 10. The summed E-state index contributed by atoms with van der Waals surface area (Å²) in [6, 6.07) is 18.2. The fraction of sp³-hybridized carbons (Fsp3) is 0.200. The van der Waals surface area contributed by atoms with Crippen LogP contribution in [0.5, 0.6) is 0 Å². The van der Waals surface area contributed by atoms with Gasteiger partial charge in [-0.05, 0) is 37.0 Å². The minimum atomic E-state index is -0.647. The molecule has 2 heterocycles. The predicted molar refractivity (Wildman–Crippen MR) is 136 cm³/mol. The van der Waals surface area contributed by atoms with Crippen LogP contribution in [0.25, 0.3) is 0 Å². The maximum atomic E-state index is 13.2. The van der Waals surface area contributed by atoms with E-state index < -0.39 is 16.4 Å². The molecule has 5 rings (SSSR count). The van der Waals surface area contributed by atoms with Gasteiger partial charge in [-0.1, -0.05) is 54.1 Å². The van der Waals surface area contributed by atoms with Crippen LogP contribution < -0.4 is 10.6 Å². The molecule has 2 aromatic heterocycles. The zero-order chi connectivity index (χ0) is 25.1. The first-order valence-electron chi connectivity index (χ1n) is 11.5. The summed E-state index contributed by atoms with van der Waals surface area (Å²) >= 11 is 6.26. The topological polar surface area (TPSA) is 139 Å². The number of aromatic amines is 1. The number of hydrogen-bond acceptors (Lipinski definition) is 8. The molecule has 0 radical (unpaired) electrons. The SMILES string of the molecule is O=C(CCc1ccccc1)c1nc(Nc2ccccc2Cl)nc(Nc2cc(C3CC3)[nH]n2)c1[N+](=O)[O-]. The lowest BCUT2D eigenvalue weighted by Crippen LogP contribution is -2.14. The number of nitro groups is 1. The molecule has 10 nitrogen and oxygen atoms in total. The van der Waals surface area contributed by atoms with Gasteiger partial charge in [-0.25, -0.2) is 4.98 Å². The molecule has 0 amide bonds. The number of nitrogens with zero attached hydrogens (tertiary/aromatic N) is 4. The van der Waals surface area contributed by atoms with Crippen LogP contribution in [0.1, 0.15) is 46.9 Å². The Labute approximate surface area is 211 Å². The maximum absolute atomic E-state index is 13.2. The molecule has 0 aliphatic heterocycles. The summed E-state index contributed by atoms with van der Waals surface area (Å²) in [6.45, 7) is 0. The van der Waals surface area contributed by atoms with Crippen LogP contribution in [0.2, 0.25) is 5.02 Å². The van der Waals surface area contributed by atoms with Crippen molar-refractivity contribution in [3.05, 3.63) is 92.8 Å². The zero-order valence-corrected chi connectivity index (χ0v) is 19.8. The van der Waals surface area contributed by atoms with E-state index in [2.05, 4.69) is 30.8 Å². The number of anilines is 4. The monoisotopic (exact) mass is 503 g/mol. The highest BCUT2D eigenvalue weighted by Gasteiger charge is 2.31. The van der Waals surface area contributed by atoms with E-state index in [4.69, 9.17) is 11.6 Å². The first-order chi connectivity index (χ1) is 17.5. The van der Waals surface area contributed by atoms with Crippen molar-refractivity contribution in [2.24, 2.45) is 0 Å². The number of benzene rings is 2. The third-order valence-electron chi connectivity index (χ3n) is 5.80. The van der Waals surface area contributed by atoms with Gasteiger partial charge in [-0.3, -0.25) is 20.0 Å². The van der Waals surface area contributed by atoms with Crippen molar-refractivity contribution in [2.45, 2.75) is 31.6 Å². The Morgan fingerprint density at radius 3 is 2.56 bits per heavy atom. The first-order valence-corrected chi connectivity index (χ1v) is 11.8. The molecule has 1 aliphatic rings. The Morgan fingerprint density at radius 1 is 1.08 bits per heavy atom. The Balaban J connectivity index is 1.51. The van der Waals surface area contributed by atoms with E-state index in [0.29, 0.717) is 28.9 Å². The maximum Gasteiger partial charge on any atom is 0.340 e. The van der Waals surface area contributed by atoms with Gasteiger partial charge in [0.05, 0.1) is 15.6 Å². The lowest BCUT2D eigenvalue weighted by molar-refractivity contribution is -0.384. The molecule has 11 heteroatoms. The normalized spacial score (nSPS) is 12.8. The van der Waals surface area contributed by atoms with Crippen molar-refractivity contribution in [3.63, 3.8) is 0 Å². The highest BCUT2D eigenvalue weighted by atomic mass is 35.5. The smallest absolute Gasteiger partial charge is 0.323 e. The zero-order valence-electron chi connectivity index (χ0n) is 19.1. The third-order valence-corrected chi connectivity index (χ3v) is 6.13. The second-order valence-electron chi connectivity index (χ2n) is 8.47. The van der Waals surface area contributed by atoms with Crippen LogP contribution in [-0.2, 0) is 6.42 Å². The Kier molecular flexibility index (Phi) is 6.59. The van der Waals surface area contributed by atoms with E-state index in [1.165, 1.54) is 0 Å². The van der Waals surface area contributed by atoms with Crippen LogP contribution >= 0.6 is 11.6 Å². The lowest BCUT2D eigenvalue weighted by Gasteiger charge is -2.12. The number of ketones is 1. The average molecular weight is 504 g/mol. The Hall–Kier alpha value is -4.31. The number of H-pyrrole nitrogens is 1. The van der Waals surface area contributed by atoms with Crippen LogP contribution in [0.15, 0.2) is 60.7 Å². The molecular weight excluding hydrogens is 482 g/mol. The summed E-state index contributed by atoms with van der Waals surface area (Å²) in [5.74, 6) is 0.170. The number of aryl methyl sites for hydroxylation is 1. The number of halogens is 1. The van der Waals surface area contributed by atoms with Crippen molar-refractivity contribution < 1.29 is 9.72 Å². The fourth-order valence-corrected chi connectivity index (χ4v) is 3.98. The van der Waals surface area contributed by atoms with Gasteiger partial charge < -0.3 is 10.6 Å². The second-order valence-corrected chi connectivity index (χ2v) is 8.88. The number of Topliss-reactive ketones (excluding diaryl/α,β-unsaturated/α-hetero) is 1. The van der Waals surface area contributed by atoms with Gasteiger partial charge in [0.1, 0.15) is 0 Å². The van der Waals surface area contributed by atoms with Crippen LogP contribution in [0, 0.1) is 10.1 Å². The Morgan fingerprint density at radius 2 is 1.83 bits per heavy atom. The Bertz CT molecular complexity index is 1420. The minimum absolute atomic E-state index is 0.00258. The molecular formula is C25H22ClN7O3. The molecule has 182 valence electrons. The van der Waals surface area contributed by atoms with Gasteiger partial charge in [0.2, 0.25) is 11.8 Å². The molecule has 3 N–H and O–H groups in total. The van der Waals surface area contributed by atoms with Gasteiger partial charge in [0.25, 0.3) is 0 Å². The predicted octanol–water partition coefficient (Wildman–Crippen LogP) is 5.94. The fourth-order valence-electron chi connectivity index (χ4n) is 3.79. The summed E-state index contributed by atoms with van der Waals surface area (Å²) in [4.78, 5) is 33.3. The number of carbonyl (C=O) groups is 1. The van der Waals surface area contributed by atoms with E-state index >= 15 is 0 Å². The molecule has 0 spiro atoms. The number of nitrogens with one attached hydrogen (secondary N) is 3. The van der Waals surface area contributed by atoms with Crippen molar-refractivity contribution in [2.75, 3.05) is 10.6 Å². The molecule has 1 fully saturated rings. The summed E-state index contributed by atoms with van der Waals surface area (Å²) in [5, 5.41) is 25.6. The number of hydrogen-bond donors (Lipinski definition) is 3. The van der Waals surface area contributed by atoms with Gasteiger partial charge in [-0.15, -0.1) is 0 Å². The quantitative estimate of drug-likeness (QED) is 0.137. The molecule has 0 saturated heterocycles. The summed E-state index contributed by atoms with van der Waals surface area (Å²) in [5.41, 5.74) is 1.59. The largest absolute Gasteiger partial charge is 0.340 e.